The molecular weight excluding hydrogens is 538 g/mol. The number of fused-ring (bicyclic) bond motifs is 2. The van der Waals surface area contributed by atoms with Crippen LogP contribution in [-0.2, 0) is 30.5 Å². The van der Waals surface area contributed by atoms with Gasteiger partial charge in [-0.15, -0.1) is 18.3 Å². The number of unbranched alkanes of at least 4 members (excludes halogenated alkanes) is 2. The molecular formula is C31H41N5O6. The number of likely N-dealkylation sites (tertiary alicyclic amines) is 1. The van der Waals surface area contributed by atoms with Crippen molar-refractivity contribution >= 4 is 28.8 Å². The number of carbonyl (C=O) groups excluding carboxylic acids is 3. The first kappa shape index (κ1) is 29.9. The maximum atomic E-state index is 14.6. The highest BCUT2D eigenvalue weighted by Gasteiger charge is 2.75. The second-order valence-electron chi connectivity index (χ2n) is 11.8. The summed E-state index contributed by atoms with van der Waals surface area (Å²) in [6.45, 7) is 11.6. The van der Waals surface area contributed by atoms with Crippen LogP contribution in [0.15, 0.2) is 49.6 Å². The number of hydrogen-bond donors (Lipinski definition) is 1. The van der Waals surface area contributed by atoms with Gasteiger partial charge in [0.05, 0.1) is 42.7 Å². The largest absolute Gasteiger partial charge is 0.465 e. The van der Waals surface area contributed by atoms with Crippen LogP contribution < -0.4 is 0 Å². The van der Waals surface area contributed by atoms with Crippen molar-refractivity contribution in [3.05, 3.63) is 49.6 Å². The predicted octanol–water partition coefficient (Wildman–Crippen LogP) is 2.69. The summed E-state index contributed by atoms with van der Waals surface area (Å²) in [6.07, 6.45) is 6.32. The molecule has 3 fully saturated rings. The zero-order valence-corrected chi connectivity index (χ0v) is 24.4. The Morgan fingerprint density at radius 3 is 2.76 bits per heavy atom. The number of benzene rings is 1. The lowest BCUT2D eigenvalue weighted by molar-refractivity contribution is -0.157. The van der Waals surface area contributed by atoms with Crippen LogP contribution in [-0.4, -0.2) is 91.2 Å². The van der Waals surface area contributed by atoms with E-state index in [4.69, 9.17) is 9.47 Å². The van der Waals surface area contributed by atoms with Gasteiger partial charge in [-0.1, -0.05) is 43.3 Å². The maximum absolute atomic E-state index is 14.6. The van der Waals surface area contributed by atoms with Crippen molar-refractivity contribution in [3.8, 4) is 0 Å². The molecule has 2 bridgehead atoms. The molecule has 0 aliphatic carbocycles. The lowest BCUT2D eigenvalue weighted by Gasteiger charge is -2.40. The molecule has 2 unspecified atom stereocenters. The summed E-state index contributed by atoms with van der Waals surface area (Å²) in [5.74, 6) is -2.97. The monoisotopic (exact) mass is 579 g/mol. The molecule has 2 amide bonds. The molecule has 3 saturated heterocycles. The molecule has 1 spiro atoms. The number of nitrogens with zero attached hydrogens (tertiary/aromatic N) is 5. The van der Waals surface area contributed by atoms with Crippen LogP contribution in [0.25, 0.3) is 11.0 Å². The van der Waals surface area contributed by atoms with Crippen LogP contribution in [0.2, 0.25) is 0 Å². The Morgan fingerprint density at radius 1 is 1.26 bits per heavy atom. The summed E-state index contributed by atoms with van der Waals surface area (Å²) < 4.78 is 13.8. The Balaban J connectivity index is 1.48. The highest BCUT2D eigenvalue weighted by molar-refractivity contribution is 5.98. The van der Waals surface area contributed by atoms with E-state index < -0.39 is 41.6 Å². The molecule has 1 N–H and O–H groups in total. The van der Waals surface area contributed by atoms with Gasteiger partial charge < -0.3 is 24.4 Å². The van der Waals surface area contributed by atoms with E-state index in [1.165, 1.54) is 4.90 Å². The van der Waals surface area contributed by atoms with Gasteiger partial charge >= 0.3 is 5.97 Å². The number of carbonyl (C=O) groups is 3. The van der Waals surface area contributed by atoms with Crippen molar-refractivity contribution in [3.63, 3.8) is 0 Å². The van der Waals surface area contributed by atoms with E-state index in [1.54, 1.807) is 15.7 Å². The quantitative estimate of drug-likeness (QED) is 0.206. The molecule has 0 saturated carbocycles. The standard InChI is InChI=1S/C31H41N5O6/c1-5-7-8-11-17-41-30(40)25-24-14-15-31(42-24)26(25)28(38)36(23(18-37)20(3)4)27(31)29(39)34(16-6-2)19-35-22-13-10-9-12-21(22)32-33-35/h5-6,9-10,12-13,20,23-27,37H,1-2,7-8,11,14-19H2,3-4H3/t23-,24-,25+,26-,27?,31?/m0/s1. The van der Waals surface area contributed by atoms with Crippen molar-refractivity contribution < 1.29 is 29.0 Å². The Morgan fingerprint density at radius 2 is 2.05 bits per heavy atom. The van der Waals surface area contributed by atoms with Gasteiger partial charge in [-0.3, -0.25) is 14.4 Å². The van der Waals surface area contributed by atoms with Crippen molar-refractivity contribution in [2.75, 3.05) is 19.8 Å². The zero-order chi connectivity index (χ0) is 30.0. The van der Waals surface area contributed by atoms with Gasteiger partial charge in [-0.25, -0.2) is 4.68 Å². The molecule has 1 aromatic carbocycles. The summed E-state index contributed by atoms with van der Waals surface area (Å²) in [5.41, 5.74) is 0.264. The van der Waals surface area contributed by atoms with Crippen molar-refractivity contribution in [2.24, 2.45) is 17.8 Å². The van der Waals surface area contributed by atoms with Crippen LogP contribution in [0.3, 0.4) is 0 Å². The van der Waals surface area contributed by atoms with Gasteiger partial charge in [0.2, 0.25) is 11.8 Å². The second kappa shape index (κ2) is 12.3. The summed E-state index contributed by atoms with van der Waals surface area (Å²) in [4.78, 5) is 45.4. The summed E-state index contributed by atoms with van der Waals surface area (Å²) in [7, 11) is 0. The highest BCUT2D eigenvalue weighted by Crippen LogP contribution is 2.59. The fourth-order valence-corrected chi connectivity index (χ4v) is 7.01. The fourth-order valence-electron chi connectivity index (χ4n) is 7.01. The Hall–Kier alpha value is -3.57. The number of amides is 2. The molecule has 3 aliphatic rings. The number of hydrogen-bond acceptors (Lipinski definition) is 8. The molecule has 11 nitrogen and oxygen atoms in total. The van der Waals surface area contributed by atoms with E-state index in [0.29, 0.717) is 24.8 Å². The van der Waals surface area contributed by atoms with Crippen molar-refractivity contribution in [1.82, 2.24) is 24.8 Å². The van der Waals surface area contributed by atoms with Gasteiger partial charge in [-0.05, 0) is 50.2 Å². The Kier molecular flexibility index (Phi) is 8.79. The normalized spacial score (nSPS) is 27.0. The number of rotatable bonds is 14. The molecule has 0 radical (unpaired) electrons. The summed E-state index contributed by atoms with van der Waals surface area (Å²) in [6, 6.07) is 5.80. The fraction of sp³-hybridized carbons (Fsp3) is 0.581. The lowest BCUT2D eigenvalue weighted by atomic mass is 9.70. The number of aliphatic hydroxyl groups is 1. The average Bonchev–Trinajstić information content (AvgIpc) is 3.72. The number of aromatic nitrogens is 3. The zero-order valence-electron chi connectivity index (χ0n) is 24.4. The first-order valence-corrected chi connectivity index (χ1v) is 14.8. The minimum Gasteiger partial charge on any atom is -0.465 e. The van der Waals surface area contributed by atoms with Crippen LogP contribution in [0.5, 0.6) is 0 Å². The molecule has 6 atom stereocenters. The van der Waals surface area contributed by atoms with Gasteiger partial charge in [0, 0.05) is 6.54 Å². The van der Waals surface area contributed by atoms with E-state index in [0.717, 1.165) is 18.4 Å². The molecule has 5 rings (SSSR count). The predicted molar refractivity (Wildman–Crippen MR) is 155 cm³/mol. The SMILES string of the molecule is C=CCCCCOC(=O)[C@@H]1[C@@H]2CCC3(O2)C(C(=O)N(CC=C)Cn2nnc4ccccc42)N([C@@H](CO)C(C)C)C(=O)[C@H]13. The number of ether oxygens (including phenoxy) is 2. The van der Waals surface area contributed by atoms with E-state index in [2.05, 4.69) is 23.5 Å². The molecule has 4 heterocycles. The summed E-state index contributed by atoms with van der Waals surface area (Å²) >= 11 is 0. The van der Waals surface area contributed by atoms with E-state index in [-0.39, 0.29) is 44.2 Å². The molecule has 42 heavy (non-hydrogen) atoms. The third-order valence-corrected chi connectivity index (χ3v) is 8.99. The van der Waals surface area contributed by atoms with Crippen LogP contribution in [0.1, 0.15) is 46.0 Å². The van der Waals surface area contributed by atoms with Crippen molar-refractivity contribution in [2.45, 2.75) is 76.4 Å². The maximum Gasteiger partial charge on any atom is 0.312 e. The van der Waals surface area contributed by atoms with Crippen LogP contribution in [0, 0.1) is 17.8 Å². The van der Waals surface area contributed by atoms with Gasteiger partial charge in [-0.2, -0.15) is 0 Å². The Bertz CT molecular complexity index is 1340. The van der Waals surface area contributed by atoms with Crippen LogP contribution >= 0.6 is 0 Å². The first-order chi connectivity index (χ1) is 20.3. The number of aliphatic hydroxyl groups excluding tert-OH is 1. The molecule has 2 aromatic rings. The van der Waals surface area contributed by atoms with Gasteiger partial charge in [0.25, 0.3) is 0 Å². The van der Waals surface area contributed by atoms with Crippen LogP contribution in [0.4, 0.5) is 0 Å². The van der Waals surface area contributed by atoms with Gasteiger partial charge in [0.15, 0.2) is 0 Å². The third-order valence-electron chi connectivity index (χ3n) is 8.99. The van der Waals surface area contributed by atoms with E-state index >= 15 is 0 Å². The molecule has 11 heteroatoms. The first-order valence-electron chi connectivity index (χ1n) is 14.8. The molecule has 3 aliphatic heterocycles. The number of allylic oxidation sites excluding steroid dienone is 1. The molecule has 226 valence electrons. The second-order valence-corrected chi connectivity index (χ2v) is 11.8. The Labute approximate surface area is 246 Å². The lowest BCUT2D eigenvalue weighted by Crippen LogP contribution is -2.59. The highest BCUT2D eigenvalue weighted by atomic mass is 16.6. The van der Waals surface area contributed by atoms with E-state index in [1.807, 2.05) is 44.2 Å². The topological polar surface area (TPSA) is 127 Å². The minimum atomic E-state index is -1.20. The smallest absolute Gasteiger partial charge is 0.312 e. The van der Waals surface area contributed by atoms with Gasteiger partial charge in [0.1, 0.15) is 23.8 Å². The number of para-hydroxylation sites is 1. The average molecular weight is 580 g/mol. The third kappa shape index (κ3) is 5.02. The summed E-state index contributed by atoms with van der Waals surface area (Å²) in [5, 5.41) is 18.9. The molecule has 1 aromatic heterocycles. The minimum absolute atomic E-state index is 0.0791. The van der Waals surface area contributed by atoms with E-state index in [9.17, 15) is 19.5 Å². The number of esters is 1. The van der Waals surface area contributed by atoms with Crippen molar-refractivity contribution in [1.29, 1.82) is 0 Å².